The van der Waals surface area contributed by atoms with Gasteiger partial charge in [-0.3, -0.25) is 0 Å². The Morgan fingerprint density at radius 2 is 2.08 bits per heavy atom. The molecule has 72 valence electrons. The Balaban J connectivity index is 2.37. The van der Waals surface area contributed by atoms with E-state index in [1.165, 1.54) is 0 Å². The van der Waals surface area contributed by atoms with Gasteiger partial charge < -0.3 is 15.8 Å². The van der Waals surface area contributed by atoms with Gasteiger partial charge in [0.25, 0.3) is 0 Å². The van der Waals surface area contributed by atoms with Crippen LogP contribution in [0.5, 0.6) is 0 Å². The molecule has 1 rings (SSSR count). The summed E-state index contributed by atoms with van der Waals surface area (Å²) in [6.07, 6.45) is 3.20. The van der Waals surface area contributed by atoms with E-state index >= 15 is 0 Å². The lowest BCUT2D eigenvalue weighted by Gasteiger charge is -2.36. The van der Waals surface area contributed by atoms with Crippen LogP contribution in [0.15, 0.2) is 0 Å². The summed E-state index contributed by atoms with van der Waals surface area (Å²) >= 11 is 0. The van der Waals surface area contributed by atoms with Crippen LogP contribution in [-0.4, -0.2) is 31.8 Å². The second-order valence-corrected chi connectivity index (χ2v) is 3.49. The van der Waals surface area contributed by atoms with Crippen molar-refractivity contribution in [2.24, 2.45) is 5.73 Å². The number of piperidine rings is 1. The molecular weight excluding hydrogens is 152 g/mol. The van der Waals surface area contributed by atoms with Gasteiger partial charge in [-0.05, 0) is 32.4 Å². The molecule has 0 aliphatic carbocycles. The monoisotopic (exact) mass is 172 g/mol. The third-order valence-electron chi connectivity index (χ3n) is 2.50. The van der Waals surface area contributed by atoms with Crippen LogP contribution >= 0.6 is 0 Å². The topological polar surface area (TPSA) is 47.3 Å². The molecule has 1 saturated heterocycles. The van der Waals surface area contributed by atoms with Crippen LogP contribution in [0.4, 0.5) is 0 Å². The quantitative estimate of drug-likeness (QED) is 0.649. The van der Waals surface area contributed by atoms with E-state index in [1.807, 2.05) is 0 Å². The highest BCUT2D eigenvalue weighted by Gasteiger charge is 2.30. The van der Waals surface area contributed by atoms with E-state index in [-0.39, 0.29) is 5.60 Å². The molecule has 0 aromatic heterocycles. The molecule has 3 heteroatoms. The predicted octanol–water partition coefficient (Wildman–Crippen LogP) is 0.494. The number of hydrogen-bond acceptors (Lipinski definition) is 3. The highest BCUT2D eigenvalue weighted by atomic mass is 16.5. The van der Waals surface area contributed by atoms with Crippen molar-refractivity contribution in [3.63, 3.8) is 0 Å². The van der Waals surface area contributed by atoms with Gasteiger partial charge in [0.2, 0.25) is 0 Å². The molecule has 0 atom stereocenters. The fourth-order valence-electron chi connectivity index (χ4n) is 1.61. The Bertz CT molecular complexity index is 122. The zero-order valence-electron chi connectivity index (χ0n) is 7.94. The number of nitrogens with one attached hydrogen (secondary N) is 1. The minimum atomic E-state index is -0.0126. The first kappa shape index (κ1) is 9.96. The average Bonchev–Trinajstić information content (AvgIpc) is 2.16. The Kier molecular flexibility index (Phi) is 3.98. The summed E-state index contributed by atoms with van der Waals surface area (Å²) in [6.45, 7) is 5.72. The van der Waals surface area contributed by atoms with Crippen LogP contribution < -0.4 is 11.1 Å². The second kappa shape index (κ2) is 4.80. The van der Waals surface area contributed by atoms with Gasteiger partial charge >= 0.3 is 0 Å². The van der Waals surface area contributed by atoms with Crippen molar-refractivity contribution in [1.82, 2.24) is 5.32 Å². The van der Waals surface area contributed by atoms with Gasteiger partial charge in [0.15, 0.2) is 0 Å². The van der Waals surface area contributed by atoms with Crippen molar-refractivity contribution < 1.29 is 4.74 Å². The van der Waals surface area contributed by atoms with Crippen LogP contribution in [0.25, 0.3) is 0 Å². The summed E-state index contributed by atoms with van der Waals surface area (Å²) in [6, 6.07) is 0. The molecular formula is C9H20N2O. The van der Waals surface area contributed by atoms with Crippen molar-refractivity contribution in [3.8, 4) is 0 Å². The van der Waals surface area contributed by atoms with E-state index in [0.29, 0.717) is 6.54 Å². The maximum atomic E-state index is 5.80. The summed E-state index contributed by atoms with van der Waals surface area (Å²) < 4.78 is 5.80. The van der Waals surface area contributed by atoms with Crippen molar-refractivity contribution in [3.05, 3.63) is 0 Å². The molecule has 0 aromatic carbocycles. The fourth-order valence-corrected chi connectivity index (χ4v) is 1.61. The lowest BCUT2D eigenvalue weighted by Crippen LogP contribution is -2.49. The molecule has 0 saturated carbocycles. The first-order chi connectivity index (χ1) is 5.83. The Morgan fingerprint density at radius 3 is 2.58 bits per heavy atom. The molecule has 1 heterocycles. The molecule has 3 N–H and O–H groups in total. The summed E-state index contributed by atoms with van der Waals surface area (Å²) in [5, 5.41) is 3.31. The van der Waals surface area contributed by atoms with E-state index in [2.05, 4.69) is 12.2 Å². The number of hydrogen-bond donors (Lipinski definition) is 2. The van der Waals surface area contributed by atoms with Gasteiger partial charge in [-0.15, -0.1) is 0 Å². The number of nitrogens with two attached hydrogens (primary N) is 1. The highest BCUT2D eigenvalue weighted by Crippen LogP contribution is 2.21. The SMILES string of the molecule is CCCOC1(CN)CCNCC1. The predicted molar refractivity (Wildman–Crippen MR) is 50.1 cm³/mol. The van der Waals surface area contributed by atoms with E-state index < -0.39 is 0 Å². The van der Waals surface area contributed by atoms with E-state index in [4.69, 9.17) is 10.5 Å². The normalized spacial score (nSPS) is 22.5. The minimum absolute atomic E-state index is 0.0126. The Morgan fingerprint density at radius 1 is 1.42 bits per heavy atom. The largest absolute Gasteiger partial charge is 0.374 e. The van der Waals surface area contributed by atoms with Crippen molar-refractivity contribution >= 4 is 0 Å². The van der Waals surface area contributed by atoms with Gasteiger partial charge in [-0.25, -0.2) is 0 Å². The van der Waals surface area contributed by atoms with Crippen molar-refractivity contribution in [2.45, 2.75) is 31.8 Å². The van der Waals surface area contributed by atoms with Crippen LogP contribution in [0.2, 0.25) is 0 Å². The number of rotatable bonds is 4. The van der Waals surface area contributed by atoms with E-state index in [9.17, 15) is 0 Å². The summed E-state index contributed by atoms with van der Waals surface area (Å²) in [5.74, 6) is 0. The standard InChI is InChI=1S/C9H20N2O/c1-2-7-12-9(8-10)3-5-11-6-4-9/h11H,2-8,10H2,1H3. The maximum absolute atomic E-state index is 5.80. The first-order valence-corrected chi connectivity index (χ1v) is 4.88. The van der Waals surface area contributed by atoms with Crippen molar-refractivity contribution in [2.75, 3.05) is 26.2 Å². The number of ether oxygens (including phenoxy) is 1. The Hall–Kier alpha value is -0.120. The molecule has 0 radical (unpaired) electrons. The molecule has 1 aliphatic heterocycles. The van der Waals surface area contributed by atoms with Crippen LogP contribution in [0.3, 0.4) is 0 Å². The molecule has 0 spiro atoms. The van der Waals surface area contributed by atoms with E-state index in [1.54, 1.807) is 0 Å². The van der Waals surface area contributed by atoms with Gasteiger partial charge in [-0.1, -0.05) is 6.92 Å². The van der Waals surface area contributed by atoms with Gasteiger partial charge in [0, 0.05) is 13.2 Å². The van der Waals surface area contributed by atoms with Crippen LogP contribution in [-0.2, 0) is 4.74 Å². The minimum Gasteiger partial charge on any atom is -0.374 e. The average molecular weight is 172 g/mol. The lowest BCUT2D eigenvalue weighted by atomic mass is 9.92. The Labute approximate surface area is 74.7 Å². The molecule has 1 aliphatic rings. The van der Waals surface area contributed by atoms with Crippen molar-refractivity contribution in [1.29, 1.82) is 0 Å². The third kappa shape index (κ3) is 2.44. The van der Waals surface area contributed by atoms with Crippen LogP contribution in [0, 0.1) is 0 Å². The third-order valence-corrected chi connectivity index (χ3v) is 2.50. The van der Waals surface area contributed by atoms with Gasteiger partial charge in [0.05, 0.1) is 5.60 Å². The lowest BCUT2D eigenvalue weighted by molar-refractivity contribution is -0.0582. The fraction of sp³-hybridized carbons (Fsp3) is 1.00. The molecule has 0 unspecified atom stereocenters. The molecule has 1 fully saturated rings. The summed E-state index contributed by atoms with van der Waals surface area (Å²) in [4.78, 5) is 0. The zero-order valence-corrected chi connectivity index (χ0v) is 7.94. The molecule has 3 nitrogen and oxygen atoms in total. The first-order valence-electron chi connectivity index (χ1n) is 4.88. The zero-order chi connectivity index (χ0) is 8.86. The van der Waals surface area contributed by atoms with E-state index in [0.717, 1.165) is 39.0 Å². The highest BCUT2D eigenvalue weighted by molar-refractivity contribution is 4.87. The molecule has 0 bridgehead atoms. The molecule has 12 heavy (non-hydrogen) atoms. The molecule has 0 aromatic rings. The second-order valence-electron chi connectivity index (χ2n) is 3.49. The summed E-state index contributed by atoms with van der Waals surface area (Å²) in [5.41, 5.74) is 5.71. The van der Waals surface area contributed by atoms with Gasteiger partial charge in [0.1, 0.15) is 0 Å². The smallest absolute Gasteiger partial charge is 0.0828 e. The molecule has 0 amide bonds. The maximum Gasteiger partial charge on any atom is 0.0828 e. The van der Waals surface area contributed by atoms with Gasteiger partial charge in [-0.2, -0.15) is 0 Å². The van der Waals surface area contributed by atoms with Crippen LogP contribution in [0.1, 0.15) is 26.2 Å². The summed E-state index contributed by atoms with van der Waals surface area (Å²) in [7, 11) is 0.